The first kappa shape index (κ1) is 14.6. The number of piperidine rings is 1. The Balaban J connectivity index is 1.60. The van der Waals surface area contributed by atoms with E-state index in [1.165, 1.54) is 5.56 Å². The summed E-state index contributed by atoms with van der Waals surface area (Å²) in [5, 5.41) is 9.10. The molecule has 3 heteroatoms. The van der Waals surface area contributed by atoms with Gasteiger partial charge >= 0.3 is 5.97 Å². The molecule has 0 aromatic heterocycles. The molecular weight excluding hydrogens is 274 g/mol. The molecule has 3 rings (SSSR count). The maximum absolute atomic E-state index is 11.1. The lowest BCUT2D eigenvalue weighted by atomic mass is 9.90. The lowest BCUT2D eigenvalue weighted by molar-refractivity contribution is 0.0697. The molecule has 0 amide bonds. The average Bonchev–Trinajstić information content (AvgIpc) is 2.56. The monoisotopic (exact) mass is 295 g/mol. The molecule has 114 valence electrons. The fourth-order valence-corrected chi connectivity index (χ4v) is 3.18. The van der Waals surface area contributed by atoms with Crippen molar-refractivity contribution in [1.29, 1.82) is 0 Å². The van der Waals surface area contributed by atoms with Gasteiger partial charge in [-0.1, -0.05) is 36.4 Å². The van der Waals surface area contributed by atoms with Crippen LogP contribution in [0.5, 0.6) is 0 Å². The molecule has 0 radical (unpaired) electrons. The Labute approximate surface area is 131 Å². The molecule has 22 heavy (non-hydrogen) atoms. The lowest BCUT2D eigenvalue weighted by Gasteiger charge is -2.33. The van der Waals surface area contributed by atoms with Crippen molar-refractivity contribution < 1.29 is 9.90 Å². The van der Waals surface area contributed by atoms with Gasteiger partial charge in [0.2, 0.25) is 0 Å². The zero-order chi connectivity index (χ0) is 15.4. The van der Waals surface area contributed by atoms with Crippen LogP contribution in [0.4, 0.5) is 5.69 Å². The fourth-order valence-electron chi connectivity index (χ4n) is 3.18. The topological polar surface area (TPSA) is 40.5 Å². The van der Waals surface area contributed by atoms with E-state index in [9.17, 15) is 4.79 Å². The minimum atomic E-state index is -0.860. The smallest absolute Gasteiger partial charge is 0.335 e. The van der Waals surface area contributed by atoms with Crippen molar-refractivity contribution in [3.63, 3.8) is 0 Å². The quantitative estimate of drug-likeness (QED) is 0.931. The average molecular weight is 295 g/mol. The minimum Gasteiger partial charge on any atom is -0.478 e. The van der Waals surface area contributed by atoms with Gasteiger partial charge in [0.15, 0.2) is 0 Å². The summed E-state index contributed by atoms with van der Waals surface area (Å²) < 4.78 is 0. The van der Waals surface area contributed by atoms with Crippen molar-refractivity contribution in [3.8, 4) is 0 Å². The first-order valence-electron chi connectivity index (χ1n) is 7.84. The third-order valence-corrected chi connectivity index (χ3v) is 4.44. The highest BCUT2D eigenvalue weighted by Crippen LogP contribution is 2.26. The molecule has 1 heterocycles. The van der Waals surface area contributed by atoms with E-state index in [4.69, 9.17) is 5.11 Å². The summed E-state index contributed by atoms with van der Waals surface area (Å²) in [5.74, 6) is -0.137. The minimum absolute atomic E-state index is 0.365. The van der Waals surface area contributed by atoms with Gasteiger partial charge in [-0.05, 0) is 48.9 Å². The number of anilines is 1. The number of hydrogen-bond donors (Lipinski definition) is 1. The van der Waals surface area contributed by atoms with Crippen LogP contribution in [0.25, 0.3) is 0 Å². The van der Waals surface area contributed by atoms with E-state index in [0.717, 1.165) is 44.0 Å². The van der Waals surface area contributed by atoms with Crippen LogP contribution in [0, 0.1) is 5.92 Å². The van der Waals surface area contributed by atoms with E-state index in [2.05, 4.69) is 35.2 Å². The summed E-state index contributed by atoms with van der Waals surface area (Å²) in [5.41, 5.74) is 2.80. The van der Waals surface area contributed by atoms with Gasteiger partial charge in [-0.2, -0.15) is 0 Å². The van der Waals surface area contributed by atoms with E-state index < -0.39 is 5.97 Å². The summed E-state index contributed by atoms with van der Waals surface area (Å²) in [6.07, 6.45) is 3.46. The molecule has 0 bridgehead atoms. The summed E-state index contributed by atoms with van der Waals surface area (Å²) in [6, 6.07) is 17.9. The molecule has 3 nitrogen and oxygen atoms in total. The van der Waals surface area contributed by atoms with Crippen molar-refractivity contribution in [2.24, 2.45) is 5.92 Å². The van der Waals surface area contributed by atoms with Gasteiger partial charge in [-0.15, -0.1) is 0 Å². The molecule has 0 atom stereocenters. The zero-order valence-electron chi connectivity index (χ0n) is 12.6. The normalized spacial score (nSPS) is 15.7. The Bertz CT molecular complexity index is 631. The summed E-state index contributed by atoms with van der Waals surface area (Å²) >= 11 is 0. The van der Waals surface area contributed by atoms with Gasteiger partial charge < -0.3 is 10.0 Å². The summed E-state index contributed by atoms with van der Waals surface area (Å²) in [6.45, 7) is 2.00. The van der Waals surface area contributed by atoms with Gasteiger partial charge in [-0.3, -0.25) is 0 Å². The highest BCUT2D eigenvalue weighted by molar-refractivity contribution is 5.88. The standard InChI is InChI=1S/C19H21NO2/c21-19(22)17-7-4-8-18(14-17)20-11-9-16(10-12-20)13-15-5-2-1-3-6-15/h1-8,14,16H,9-13H2,(H,21,22). The third kappa shape index (κ3) is 3.48. The number of rotatable bonds is 4. The van der Waals surface area contributed by atoms with Crippen LogP contribution >= 0.6 is 0 Å². The van der Waals surface area contributed by atoms with Crippen molar-refractivity contribution in [1.82, 2.24) is 0 Å². The third-order valence-electron chi connectivity index (χ3n) is 4.44. The number of aromatic carboxylic acids is 1. The molecule has 0 unspecified atom stereocenters. The van der Waals surface area contributed by atoms with Gasteiger partial charge in [0.1, 0.15) is 0 Å². The fraction of sp³-hybridized carbons (Fsp3) is 0.316. The van der Waals surface area contributed by atoms with Gasteiger partial charge in [0.05, 0.1) is 5.56 Å². The highest BCUT2D eigenvalue weighted by atomic mass is 16.4. The SMILES string of the molecule is O=C(O)c1cccc(N2CCC(Cc3ccccc3)CC2)c1. The second kappa shape index (κ2) is 6.65. The zero-order valence-corrected chi connectivity index (χ0v) is 12.6. The molecule has 0 saturated carbocycles. The Hall–Kier alpha value is -2.29. The van der Waals surface area contributed by atoms with E-state index in [1.807, 2.05) is 12.1 Å². The first-order chi connectivity index (χ1) is 10.7. The van der Waals surface area contributed by atoms with Crippen LogP contribution in [0.15, 0.2) is 54.6 Å². The summed E-state index contributed by atoms with van der Waals surface area (Å²) in [7, 11) is 0. The molecule has 1 aliphatic heterocycles. The Morgan fingerprint density at radius 1 is 1.05 bits per heavy atom. The number of carboxylic acids is 1. The number of nitrogens with zero attached hydrogens (tertiary/aromatic N) is 1. The van der Waals surface area contributed by atoms with E-state index >= 15 is 0 Å². The molecule has 1 fully saturated rings. The summed E-state index contributed by atoms with van der Waals surface area (Å²) in [4.78, 5) is 13.4. The molecule has 0 aliphatic carbocycles. The van der Waals surface area contributed by atoms with Crippen molar-refractivity contribution in [2.75, 3.05) is 18.0 Å². The molecule has 1 saturated heterocycles. The highest BCUT2D eigenvalue weighted by Gasteiger charge is 2.20. The van der Waals surface area contributed by atoms with Crippen LogP contribution in [0.2, 0.25) is 0 Å². The van der Waals surface area contributed by atoms with E-state index in [-0.39, 0.29) is 0 Å². The van der Waals surface area contributed by atoms with E-state index in [1.54, 1.807) is 12.1 Å². The van der Waals surface area contributed by atoms with Crippen molar-refractivity contribution >= 4 is 11.7 Å². The van der Waals surface area contributed by atoms with E-state index in [0.29, 0.717) is 5.56 Å². The van der Waals surface area contributed by atoms with Gasteiger partial charge in [0.25, 0.3) is 0 Å². The molecular formula is C19H21NO2. The Morgan fingerprint density at radius 3 is 2.45 bits per heavy atom. The number of benzene rings is 2. The largest absolute Gasteiger partial charge is 0.478 e. The number of carbonyl (C=O) groups is 1. The van der Waals surface area contributed by atoms with Crippen molar-refractivity contribution in [3.05, 3.63) is 65.7 Å². The van der Waals surface area contributed by atoms with Gasteiger partial charge in [0, 0.05) is 18.8 Å². The molecule has 2 aromatic carbocycles. The lowest BCUT2D eigenvalue weighted by Crippen LogP contribution is -2.34. The first-order valence-corrected chi connectivity index (χ1v) is 7.84. The second-order valence-electron chi connectivity index (χ2n) is 5.98. The van der Waals surface area contributed by atoms with Crippen LogP contribution in [-0.2, 0) is 6.42 Å². The maximum atomic E-state index is 11.1. The Kier molecular flexibility index (Phi) is 4.42. The predicted molar refractivity (Wildman–Crippen MR) is 88.5 cm³/mol. The second-order valence-corrected chi connectivity index (χ2v) is 5.98. The van der Waals surface area contributed by atoms with Crippen molar-refractivity contribution in [2.45, 2.75) is 19.3 Å². The van der Waals surface area contributed by atoms with Crippen LogP contribution in [-0.4, -0.2) is 24.2 Å². The molecule has 2 aromatic rings. The Morgan fingerprint density at radius 2 is 1.77 bits per heavy atom. The molecule has 1 aliphatic rings. The number of carboxylic acid groups (broad SMARTS) is 1. The number of hydrogen-bond acceptors (Lipinski definition) is 2. The van der Waals surface area contributed by atoms with Crippen LogP contribution in [0.3, 0.4) is 0 Å². The molecule has 0 spiro atoms. The van der Waals surface area contributed by atoms with Gasteiger partial charge in [-0.25, -0.2) is 4.79 Å². The maximum Gasteiger partial charge on any atom is 0.335 e. The van der Waals surface area contributed by atoms with Crippen LogP contribution < -0.4 is 4.90 Å². The predicted octanol–water partition coefficient (Wildman–Crippen LogP) is 3.84. The molecule has 1 N–H and O–H groups in total. The van der Waals surface area contributed by atoms with Crippen LogP contribution in [0.1, 0.15) is 28.8 Å².